The predicted octanol–water partition coefficient (Wildman–Crippen LogP) is 3.57. The number of nitrogens with one attached hydrogen (secondary N) is 1. The third-order valence-corrected chi connectivity index (χ3v) is 3.52. The number of carbonyl (C=O) groups is 1. The molecule has 1 N–H and O–H groups in total. The van der Waals surface area contributed by atoms with Crippen molar-refractivity contribution in [1.29, 1.82) is 0 Å². The highest BCUT2D eigenvalue weighted by Crippen LogP contribution is 2.26. The van der Waals surface area contributed by atoms with E-state index in [1.807, 2.05) is 5.32 Å². The third kappa shape index (κ3) is 3.43. The van der Waals surface area contributed by atoms with Gasteiger partial charge in [0, 0.05) is 24.0 Å². The van der Waals surface area contributed by atoms with Gasteiger partial charge in [0.05, 0.1) is 0 Å². The van der Waals surface area contributed by atoms with Crippen LogP contribution in [-0.4, -0.2) is 24.7 Å². The van der Waals surface area contributed by atoms with E-state index in [4.69, 9.17) is 0 Å². The van der Waals surface area contributed by atoms with Crippen LogP contribution in [0, 0.1) is 0 Å². The van der Waals surface area contributed by atoms with Crippen LogP contribution in [0.25, 0.3) is 0 Å². The Labute approximate surface area is 115 Å². The first-order chi connectivity index (χ1) is 9.38. The standard InChI is InChI=1S/C14H17F3N2O/c1-10-4-2-3-9-19(10)12-7-5-11(6-8-12)18-13(20)14(15,16)17/h5-8,10H,2-4,9H2,1H3,(H,18,20)/t10-/m0/s1. The van der Waals surface area contributed by atoms with Gasteiger partial charge in [0.2, 0.25) is 0 Å². The van der Waals surface area contributed by atoms with E-state index in [9.17, 15) is 18.0 Å². The number of nitrogens with zero attached hydrogens (tertiary/aromatic N) is 1. The largest absolute Gasteiger partial charge is 0.471 e. The number of amides is 1. The molecule has 1 amide bonds. The summed E-state index contributed by atoms with van der Waals surface area (Å²) in [5.41, 5.74) is 1.13. The van der Waals surface area contributed by atoms with Crippen molar-refractivity contribution in [2.45, 2.75) is 38.4 Å². The zero-order valence-electron chi connectivity index (χ0n) is 11.2. The molecule has 1 aliphatic rings. The molecule has 3 nitrogen and oxygen atoms in total. The lowest BCUT2D eigenvalue weighted by atomic mass is 10.0. The van der Waals surface area contributed by atoms with Crippen LogP contribution in [0.4, 0.5) is 24.5 Å². The van der Waals surface area contributed by atoms with Crippen LogP contribution in [0.15, 0.2) is 24.3 Å². The number of halogens is 3. The molecule has 0 saturated carbocycles. The Kier molecular flexibility index (Phi) is 4.20. The number of alkyl halides is 3. The van der Waals surface area contributed by atoms with Gasteiger partial charge in [-0.3, -0.25) is 4.79 Å². The number of piperidine rings is 1. The molecule has 110 valence electrons. The molecule has 1 saturated heterocycles. The molecule has 1 aromatic rings. The molecule has 2 rings (SSSR count). The molecule has 0 unspecified atom stereocenters. The maximum absolute atomic E-state index is 12.1. The van der Waals surface area contributed by atoms with E-state index in [1.54, 1.807) is 12.1 Å². The van der Waals surface area contributed by atoms with Crippen molar-refractivity contribution in [2.24, 2.45) is 0 Å². The van der Waals surface area contributed by atoms with Crippen molar-refractivity contribution in [3.63, 3.8) is 0 Å². The minimum absolute atomic E-state index is 0.153. The van der Waals surface area contributed by atoms with E-state index < -0.39 is 12.1 Å². The molecule has 0 radical (unpaired) electrons. The van der Waals surface area contributed by atoms with Gasteiger partial charge >= 0.3 is 12.1 Å². The van der Waals surface area contributed by atoms with Crippen LogP contribution in [0.2, 0.25) is 0 Å². The topological polar surface area (TPSA) is 32.3 Å². The molecule has 1 aromatic carbocycles. The number of anilines is 2. The lowest BCUT2D eigenvalue weighted by Crippen LogP contribution is -2.37. The van der Waals surface area contributed by atoms with E-state index in [0.29, 0.717) is 6.04 Å². The second-order valence-corrected chi connectivity index (χ2v) is 5.04. The smallest absolute Gasteiger partial charge is 0.369 e. The molecule has 0 spiro atoms. The van der Waals surface area contributed by atoms with Gasteiger partial charge in [-0.2, -0.15) is 13.2 Å². The molecule has 1 heterocycles. The first-order valence-corrected chi connectivity index (χ1v) is 6.63. The number of benzene rings is 1. The molecule has 1 atom stereocenters. The fraction of sp³-hybridized carbons (Fsp3) is 0.500. The molecule has 1 aliphatic heterocycles. The van der Waals surface area contributed by atoms with Crippen LogP contribution >= 0.6 is 0 Å². The summed E-state index contributed by atoms with van der Waals surface area (Å²) in [6, 6.07) is 6.92. The zero-order valence-corrected chi connectivity index (χ0v) is 11.2. The van der Waals surface area contributed by atoms with E-state index >= 15 is 0 Å². The summed E-state index contributed by atoms with van der Waals surface area (Å²) in [5, 5.41) is 1.84. The van der Waals surface area contributed by atoms with Gasteiger partial charge in [0.25, 0.3) is 0 Å². The lowest BCUT2D eigenvalue weighted by Gasteiger charge is -2.35. The Bertz CT molecular complexity index is 470. The minimum atomic E-state index is -4.86. The van der Waals surface area contributed by atoms with Gasteiger partial charge in [-0.25, -0.2) is 0 Å². The fourth-order valence-corrected chi connectivity index (χ4v) is 2.42. The van der Waals surface area contributed by atoms with Crippen molar-refractivity contribution in [3.05, 3.63) is 24.3 Å². The van der Waals surface area contributed by atoms with Crippen LogP contribution in [-0.2, 0) is 4.79 Å². The fourth-order valence-electron chi connectivity index (χ4n) is 2.42. The monoisotopic (exact) mass is 286 g/mol. The molecule has 0 aromatic heterocycles. The van der Waals surface area contributed by atoms with E-state index in [-0.39, 0.29) is 5.69 Å². The van der Waals surface area contributed by atoms with Crippen molar-refractivity contribution < 1.29 is 18.0 Å². The Morgan fingerprint density at radius 1 is 1.25 bits per heavy atom. The average Bonchev–Trinajstić information content (AvgIpc) is 2.39. The summed E-state index contributed by atoms with van der Waals surface area (Å²) < 4.78 is 36.4. The van der Waals surface area contributed by atoms with Crippen LogP contribution in [0.3, 0.4) is 0 Å². The van der Waals surface area contributed by atoms with Crippen LogP contribution in [0.5, 0.6) is 0 Å². The van der Waals surface area contributed by atoms with Gasteiger partial charge in [0.1, 0.15) is 0 Å². The van der Waals surface area contributed by atoms with Crippen molar-refractivity contribution >= 4 is 17.3 Å². The SMILES string of the molecule is C[C@H]1CCCCN1c1ccc(NC(=O)C(F)(F)F)cc1. The molecule has 0 bridgehead atoms. The Balaban J connectivity index is 2.04. The first-order valence-electron chi connectivity index (χ1n) is 6.63. The second kappa shape index (κ2) is 5.73. The summed E-state index contributed by atoms with van der Waals surface area (Å²) in [4.78, 5) is 13.1. The summed E-state index contributed by atoms with van der Waals surface area (Å²) in [6.07, 6.45) is -1.42. The summed E-state index contributed by atoms with van der Waals surface area (Å²) in [6.45, 7) is 3.09. The van der Waals surface area contributed by atoms with E-state index in [1.165, 1.54) is 18.6 Å². The maximum atomic E-state index is 12.1. The zero-order chi connectivity index (χ0) is 14.8. The van der Waals surface area contributed by atoms with Crippen LogP contribution < -0.4 is 10.2 Å². The molecular weight excluding hydrogens is 269 g/mol. The van der Waals surface area contributed by atoms with Crippen LogP contribution in [0.1, 0.15) is 26.2 Å². The quantitative estimate of drug-likeness (QED) is 0.901. The average molecular weight is 286 g/mol. The Morgan fingerprint density at radius 3 is 2.45 bits per heavy atom. The molecular formula is C14H17F3N2O. The van der Waals surface area contributed by atoms with Gasteiger partial charge in [-0.15, -0.1) is 0 Å². The van der Waals surface area contributed by atoms with Crippen molar-refractivity contribution in [1.82, 2.24) is 0 Å². The number of rotatable bonds is 2. The summed E-state index contributed by atoms with van der Waals surface area (Å²) >= 11 is 0. The Hall–Kier alpha value is -1.72. The summed E-state index contributed by atoms with van der Waals surface area (Å²) in [5.74, 6) is -1.95. The predicted molar refractivity (Wildman–Crippen MR) is 71.8 cm³/mol. The highest BCUT2D eigenvalue weighted by Gasteiger charge is 2.38. The second-order valence-electron chi connectivity index (χ2n) is 5.04. The molecule has 20 heavy (non-hydrogen) atoms. The van der Waals surface area contributed by atoms with Gasteiger partial charge < -0.3 is 10.2 Å². The normalized spacial score (nSPS) is 19.8. The number of hydrogen-bond donors (Lipinski definition) is 1. The van der Waals surface area contributed by atoms with E-state index in [0.717, 1.165) is 25.1 Å². The third-order valence-electron chi connectivity index (χ3n) is 3.52. The van der Waals surface area contributed by atoms with Crippen molar-refractivity contribution in [3.8, 4) is 0 Å². The molecule has 0 aliphatic carbocycles. The van der Waals surface area contributed by atoms with Gasteiger partial charge in [0.15, 0.2) is 0 Å². The summed E-state index contributed by atoms with van der Waals surface area (Å²) in [7, 11) is 0. The first kappa shape index (κ1) is 14.7. The highest BCUT2D eigenvalue weighted by atomic mass is 19.4. The number of carbonyl (C=O) groups excluding carboxylic acids is 1. The molecule has 6 heteroatoms. The van der Waals surface area contributed by atoms with Gasteiger partial charge in [-0.1, -0.05) is 0 Å². The van der Waals surface area contributed by atoms with Gasteiger partial charge in [-0.05, 0) is 50.5 Å². The minimum Gasteiger partial charge on any atom is -0.369 e. The lowest BCUT2D eigenvalue weighted by molar-refractivity contribution is -0.167. The Morgan fingerprint density at radius 2 is 1.90 bits per heavy atom. The maximum Gasteiger partial charge on any atom is 0.471 e. The number of hydrogen-bond acceptors (Lipinski definition) is 2. The van der Waals surface area contributed by atoms with E-state index in [2.05, 4.69) is 11.8 Å². The van der Waals surface area contributed by atoms with Crippen molar-refractivity contribution in [2.75, 3.05) is 16.8 Å². The highest BCUT2D eigenvalue weighted by molar-refractivity contribution is 5.95. The molecule has 1 fully saturated rings.